The topological polar surface area (TPSA) is 36.4 Å². The molecule has 2 aliphatic heterocycles. The number of pyridine rings is 1. The van der Waals surface area contributed by atoms with Gasteiger partial charge < -0.3 is 9.80 Å². The summed E-state index contributed by atoms with van der Waals surface area (Å²) in [7, 11) is 0. The first kappa shape index (κ1) is 20.2. The fourth-order valence-electron chi connectivity index (χ4n) is 4.11. The fourth-order valence-corrected chi connectivity index (χ4v) is 4.39. The third kappa shape index (κ3) is 4.50. The molecule has 0 bridgehead atoms. The Labute approximate surface area is 162 Å². The lowest BCUT2D eigenvalue weighted by atomic mass is 9.92. The maximum absolute atomic E-state index is 12.9. The minimum Gasteiger partial charge on any atom is -0.355 e. The van der Waals surface area contributed by atoms with Gasteiger partial charge in [-0.3, -0.25) is 4.79 Å². The molecule has 0 aromatic carbocycles. The van der Waals surface area contributed by atoms with Gasteiger partial charge in [-0.15, -0.1) is 0 Å². The molecule has 1 aromatic rings. The normalized spacial score (nSPS) is 22.2. The molecular formula is C19H25ClF3N3O. The van der Waals surface area contributed by atoms with Gasteiger partial charge in [-0.1, -0.05) is 18.5 Å². The Kier molecular flexibility index (Phi) is 6.18. The molecule has 0 spiro atoms. The number of hydrogen-bond donors (Lipinski definition) is 0. The fraction of sp³-hybridized carbons (Fsp3) is 0.684. The first-order valence-electron chi connectivity index (χ1n) is 9.59. The number of likely N-dealkylation sites (tertiary alicyclic amines) is 1. The number of carbonyl (C=O) groups is 1. The maximum atomic E-state index is 12.9. The maximum Gasteiger partial charge on any atom is 0.417 e. The van der Waals surface area contributed by atoms with Gasteiger partial charge in [0.05, 0.1) is 10.6 Å². The second-order valence-electron chi connectivity index (χ2n) is 7.38. The van der Waals surface area contributed by atoms with Gasteiger partial charge in [0.2, 0.25) is 5.91 Å². The van der Waals surface area contributed by atoms with Gasteiger partial charge in [-0.25, -0.2) is 4.98 Å². The molecule has 27 heavy (non-hydrogen) atoms. The molecule has 3 rings (SSSR count). The van der Waals surface area contributed by atoms with Crippen LogP contribution in [0.5, 0.6) is 0 Å². The van der Waals surface area contributed by atoms with Gasteiger partial charge in [0.25, 0.3) is 0 Å². The van der Waals surface area contributed by atoms with Crippen LogP contribution in [-0.2, 0) is 11.0 Å². The van der Waals surface area contributed by atoms with Crippen molar-refractivity contribution in [1.82, 2.24) is 9.88 Å². The van der Waals surface area contributed by atoms with E-state index in [-0.39, 0.29) is 16.8 Å². The second kappa shape index (κ2) is 8.25. The average Bonchev–Trinajstić information content (AvgIpc) is 2.67. The standard InChI is InChI=1S/C19H25ClF3N3O/c1-2-15-5-3-4-8-26(15)18(27)13-6-9-25(10-7-13)17-16(20)11-14(12-24-17)19(21,22)23/h11-13,15H,2-10H2,1H3. The van der Waals surface area contributed by atoms with Gasteiger partial charge >= 0.3 is 6.18 Å². The number of halogens is 4. The number of carbonyl (C=O) groups excluding carboxylic acids is 1. The molecule has 1 unspecified atom stereocenters. The molecule has 1 aromatic heterocycles. The number of hydrogen-bond acceptors (Lipinski definition) is 3. The number of rotatable bonds is 3. The largest absolute Gasteiger partial charge is 0.417 e. The molecule has 0 saturated carbocycles. The third-order valence-electron chi connectivity index (χ3n) is 5.67. The van der Waals surface area contributed by atoms with Crippen molar-refractivity contribution in [3.63, 3.8) is 0 Å². The zero-order valence-electron chi connectivity index (χ0n) is 15.4. The van der Waals surface area contributed by atoms with E-state index >= 15 is 0 Å². The van der Waals surface area contributed by atoms with E-state index in [1.807, 2.05) is 9.80 Å². The number of piperidine rings is 2. The number of nitrogens with zero attached hydrogens (tertiary/aromatic N) is 3. The zero-order valence-corrected chi connectivity index (χ0v) is 16.2. The van der Waals surface area contributed by atoms with Crippen molar-refractivity contribution >= 4 is 23.3 Å². The summed E-state index contributed by atoms with van der Waals surface area (Å²) in [5, 5.41) is -0.00307. The highest BCUT2D eigenvalue weighted by atomic mass is 35.5. The summed E-state index contributed by atoms with van der Waals surface area (Å²) in [4.78, 5) is 20.8. The molecule has 2 fully saturated rings. The van der Waals surface area contributed by atoms with Crippen LogP contribution in [0.3, 0.4) is 0 Å². The van der Waals surface area contributed by atoms with Crippen molar-refractivity contribution in [1.29, 1.82) is 0 Å². The quantitative estimate of drug-likeness (QED) is 0.730. The lowest BCUT2D eigenvalue weighted by molar-refractivity contribution is -0.140. The van der Waals surface area contributed by atoms with Crippen LogP contribution >= 0.6 is 11.6 Å². The number of amides is 1. The van der Waals surface area contributed by atoms with E-state index in [2.05, 4.69) is 11.9 Å². The summed E-state index contributed by atoms with van der Waals surface area (Å²) < 4.78 is 38.3. The first-order valence-corrected chi connectivity index (χ1v) is 9.97. The highest BCUT2D eigenvalue weighted by molar-refractivity contribution is 6.33. The van der Waals surface area contributed by atoms with E-state index in [4.69, 9.17) is 11.6 Å². The summed E-state index contributed by atoms with van der Waals surface area (Å²) in [6.07, 6.45) is 2.00. The van der Waals surface area contributed by atoms with Crippen LogP contribution in [0.25, 0.3) is 0 Å². The molecule has 2 aliphatic rings. The summed E-state index contributed by atoms with van der Waals surface area (Å²) in [6.45, 7) is 4.10. The Morgan fingerprint density at radius 3 is 2.52 bits per heavy atom. The number of aromatic nitrogens is 1. The molecule has 8 heteroatoms. The van der Waals surface area contributed by atoms with E-state index in [9.17, 15) is 18.0 Å². The molecule has 1 atom stereocenters. The Hall–Kier alpha value is -1.50. The Balaban J connectivity index is 1.62. The van der Waals surface area contributed by atoms with E-state index in [0.29, 0.717) is 37.8 Å². The van der Waals surface area contributed by atoms with Crippen molar-refractivity contribution in [2.45, 2.75) is 57.7 Å². The summed E-state index contributed by atoms with van der Waals surface area (Å²) in [5.74, 6) is 0.564. The highest BCUT2D eigenvalue weighted by Crippen LogP contribution is 2.35. The van der Waals surface area contributed by atoms with Gasteiger partial charge in [0.15, 0.2) is 0 Å². The van der Waals surface area contributed by atoms with Crippen molar-refractivity contribution < 1.29 is 18.0 Å². The lowest BCUT2D eigenvalue weighted by Gasteiger charge is -2.40. The van der Waals surface area contributed by atoms with Crippen LogP contribution in [-0.4, -0.2) is 41.5 Å². The van der Waals surface area contributed by atoms with Crippen LogP contribution < -0.4 is 4.90 Å². The molecule has 1 amide bonds. The van der Waals surface area contributed by atoms with E-state index in [0.717, 1.165) is 38.1 Å². The molecule has 4 nitrogen and oxygen atoms in total. The predicted molar refractivity (Wildman–Crippen MR) is 98.8 cm³/mol. The molecule has 2 saturated heterocycles. The molecule has 3 heterocycles. The van der Waals surface area contributed by atoms with Gasteiger partial charge in [0, 0.05) is 37.8 Å². The van der Waals surface area contributed by atoms with Crippen LogP contribution in [0.4, 0.5) is 19.0 Å². The van der Waals surface area contributed by atoms with E-state index in [1.165, 1.54) is 6.42 Å². The Morgan fingerprint density at radius 1 is 1.22 bits per heavy atom. The summed E-state index contributed by atoms with van der Waals surface area (Å²) in [6, 6.07) is 1.26. The van der Waals surface area contributed by atoms with Crippen molar-refractivity contribution in [2.75, 3.05) is 24.5 Å². The Morgan fingerprint density at radius 2 is 1.93 bits per heavy atom. The number of alkyl halides is 3. The van der Waals surface area contributed by atoms with Crippen molar-refractivity contribution in [2.24, 2.45) is 5.92 Å². The van der Waals surface area contributed by atoms with Crippen LogP contribution in [0.15, 0.2) is 12.3 Å². The van der Waals surface area contributed by atoms with Crippen molar-refractivity contribution in [3.05, 3.63) is 22.8 Å². The van der Waals surface area contributed by atoms with Gasteiger partial charge in [-0.2, -0.15) is 13.2 Å². The third-order valence-corrected chi connectivity index (χ3v) is 5.95. The SMILES string of the molecule is CCC1CCCCN1C(=O)C1CCN(c2ncc(C(F)(F)F)cc2Cl)CC1. The first-order chi connectivity index (χ1) is 12.8. The molecular weight excluding hydrogens is 379 g/mol. The lowest BCUT2D eigenvalue weighted by Crippen LogP contribution is -2.48. The van der Waals surface area contributed by atoms with Crippen LogP contribution in [0, 0.1) is 5.92 Å². The zero-order chi connectivity index (χ0) is 19.6. The van der Waals surface area contributed by atoms with Crippen LogP contribution in [0.1, 0.15) is 51.0 Å². The molecule has 0 aliphatic carbocycles. The van der Waals surface area contributed by atoms with Gasteiger partial charge in [0.1, 0.15) is 5.82 Å². The molecule has 0 N–H and O–H groups in total. The predicted octanol–water partition coefficient (Wildman–Crippen LogP) is 4.76. The van der Waals surface area contributed by atoms with Crippen molar-refractivity contribution in [3.8, 4) is 0 Å². The summed E-state index contributed by atoms with van der Waals surface area (Å²) in [5.41, 5.74) is -0.850. The smallest absolute Gasteiger partial charge is 0.355 e. The monoisotopic (exact) mass is 403 g/mol. The second-order valence-corrected chi connectivity index (χ2v) is 7.79. The van der Waals surface area contributed by atoms with Gasteiger partial charge in [-0.05, 0) is 44.6 Å². The average molecular weight is 404 g/mol. The Bertz CT molecular complexity index is 675. The van der Waals surface area contributed by atoms with E-state index < -0.39 is 11.7 Å². The summed E-state index contributed by atoms with van der Waals surface area (Å²) >= 11 is 6.05. The minimum absolute atomic E-state index is 0.00307. The molecule has 150 valence electrons. The number of anilines is 1. The highest BCUT2D eigenvalue weighted by Gasteiger charge is 2.35. The van der Waals surface area contributed by atoms with Crippen LogP contribution in [0.2, 0.25) is 5.02 Å². The minimum atomic E-state index is -4.46. The molecule has 0 radical (unpaired) electrons. The van der Waals surface area contributed by atoms with E-state index in [1.54, 1.807) is 0 Å².